The van der Waals surface area contributed by atoms with E-state index >= 15 is 0 Å². The first-order chi connectivity index (χ1) is 9.54. The Bertz CT molecular complexity index is 647. The summed E-state index contributed by atoms with van der Waals surface area (Å²) in [6.07, 6.45) is 6.88. The minimum atomic E-state index is -1.14. The Balaban J connectivity index is 2.10. The predicted octanol–water partition coefficient (Wildman–Crippen LogP) is 0.306. The van der Waals surface area contributed by atoms with Crippen molar-refractivity contribution in [2.24, 2.45) is 0 Å². The monoisotopic (exact) mass is 271 g/mol. The van der Waals surface area contributed by atoms with Gasteiger partial charge in [-0.1, -0.05) is 18.2 Å². The number of aromatic hydroxyl groups is 2. The molecule has 1 aromatic carbocycles. The average molecular weight is 271 g/mol. The van der Waals surface area contributed by atoms with Gasteiger partial charge in [-0.05, 0) is 23.3 Å². The normalized spacial score (nSPS) is 10.8. The zero-order valence-corrected chi connectivity index (χ0v) is 10.6. The fourth-order valence-corrected chi connectivity index (χ4v) is 1.67. The lowest BCUT2D eigenvalue weighted by atomic mass is 10.1. The number of hydrogen-bond acceptors (Lipinski definition) is 4. The molecule has 0 aliphatic heterocycles. The number of aliphatic carboxylic acids is 1. The molecular formula is C15H13NO4. The van der Waals surface area contributed by atoms with Crippen LogP contribution in [0.4, 0.5) is 0 Å². The van der Waals surface area contributed by atoms with Crippen LogP contribution in [0.2, 0.25) is 0 Å². The predicted molar refractivity (Wildman–Crippen MR) is 70.3 cm³/mol. The van der Waals surface area contributed by atoms with E-state index in [0.29, 0.717) is 0 Å². The van der Waals surface area contributed by atoms with Gasteiger partial charge < -0.3 is 20.1 Å². The maximum absolute atomic E-state index is 10.4. The van der Waals surface area contributed by atoms with Gasteiger partial charge in [0.25, 0.3) is 0 Å². The van der Waals surface area contributed by atoms with Crippen LogP contribution in [0.25, 0.3) is 12.2 Å². The van der Waals surface area contributed by atoms with Gasteiger partial charge in [0.1, 0.15) is 5.97 Å². The van der Waals surface area contributed by atoms with Crippen LogP contribution in [0.5, 0.6) is 11.5 Å². The Labute approximate surface area is 115 Å². The summed E-state index contributed by atoms with van der Waals surface area (Å²) in [4.78, 5) is 10.4. The van der Waals surface area contributed by atoms with Crippen LogP contribution in [-0.2, 0) is 11.3 Å². The summed E-state index contributed by atoms with van der Waals surface area (Å²) in [5.41, 5.74) is 1.62. The van der Waals surface area contributed by atoms with Gasteiger partial charge in [0.2, 0.25) is 0 Å². The molecule has 102 valence electrons. The van der Waals surface area contributed by atoms with Crippen molar-refractivity contribution in [2.45, 2.75) is 6.54 Å². The van der Waals surface area contributed by atoms with Crippen LogP contribution in [-0.4, -0.2) is 16.2 Å². The molecule has 0 fully saturated rings. The summed E-state index contributed by atoms with van der Waals surface area (Å²) in [6.45, 7) is -0.185. The van der Waals surface area contributed by atoms with E-state index < -0.39 is 5.97 Å². The van der Waals surface area contributed by atoms with Crippen LogP contribution in [0.15, 0.2) is 42.7 Å². The Kier molecular flexibility index (Phi) is 4.00. The number of benzene rings is 1. The number of pyridine rings is 1. The van der Waals surface area contributed by atoms with Crippen molar-refractivity contribution in [3.05, 3.63) is 53.9 Å². The Morgan fingerprint density at radius 1 is 1.05 bits per heavy atom. The molecule has 0 saturated carbocycles. The highest BCUT2D eigenvalue weighted by atomic mass is 16.4. The minimum Gasteiger partial charge on any atom is -0.544 e. The van der Waals surface area contributed by atoms with E-state index in [1.807, 2.05) is 6.08 Å². The molecule has 2 aromatic rings. The fraction of sp³-hybridized carbons (Fsp3) is 0.0667. The van der Waals surface area contributed by atoms with Gasteiger partial charge in [0.15, 0.2) is 30.4 Å². The molecule has 1 aromatic heterocycles. The fourth-order valence-electron chi connectivity index (χ4n) is 1.67. The van der Waals surface area contributed by atoms with Gasteiger partial charge in [0.05, 0.1) is 0 Å². The second-order valence-electron chi connectivity index (χ2n) is 4.26. The largest absolute Gasteiger partial charge is 0.544 e. The summed E-state index contributed by atoms with van der Waals surface area (Å²) < 4.78 is 1.50. The number of carboxylic acids is 1. The molecule has 5 heteroatoms. The van der Waals surface area contributed by atoms with Crippen LogP contribution >= 0.6 is 0 Å². The molecule has 0 amide bonds. The summed E-state index contributed by atoms with van der Waals surface area (Å²) >= 11 is 0. The van der Waals surface area contributed by atoms with Crippen molar-refractivity contribution in [3.63, 3.8) is 0 Å². The number of hydrogen-bond donors (Lipinski definition) is 2. The molecule has 1 heterocycles. The maximum atomic E-state index is 10.4. The first kappa shape index (κ1) is 13.6. The molecule has 0 saturated heterocycles. The number of rotatable bonds is 4. The molecule has 0 spiro atoms. The zero-order chi connectivity index (χ0) is 14.5. The Hall–Kier alpha value is -2.82. The number of carbonyl (C=O) groups is 1. The lowest BCUT2D eigenvalue weighted by Crippen LogP contribution is -2.43. The van der Waals surface area contributed by atoms with Gasteiger partial charge >= 0.3 is 0 Å². The molecule has 0 unspecified atom stereocenters. The molecule has 0 aliphatic carbocycles. The van der Waals surface area contributed by atoms with E-state index in [4.69, 9.17) is 0 Å². The third kappa shape index (κ3) is 3.58. The number of aromatic nitrogens is 1. The van der Waals surface area contributed by atoms with Gasteiger partial charge in [-0.3, -0.25) is 0 Å². The second kappa shape index (κ2) is 5.88. The Morgan fingerprint density at radius 2 is 1.70 bits per heavy atom. The van der Waals surface area contributed by atoms with Gasteiger partial charge in [-0.25, -0.2) is 0 Å². The standard InChI is InChI=1S/C15H13NO4/c17-13-4-3-12(9-14(13)18)2-1-11-5-7-16(8-6-11)10-15(19)20/h1-9H,10H2,(H2,18,19,20). The number of carboxylic acid groups (broad SMARTS) is 1. The number of phenols is 2. The van der Waals surface area contributed by atoms with Crippen molar-refractivity contribution >= 4 is 18.1 Å². The highest BCUT2D eigenvalue weighted by Crippen LogP contribution is 2.25. The average Bonchev–Trinajstić information content (AvgIpc) is 2.41. The van der Waals surface area contributed by atoms with Crippen LogP contribution in [0.1, 0.15) is 11.1 Å². The van der Waals surface area contributed by atoms with Crippen LogP contribution < -0.4 is 9.67 Å². The molecule has 0 radical (unpaired) electrons. The zero-order valence-electron chi connectivity index (χ0n) is 10.6. The highest BCUT2D eigenvalue weighted by Gasteiger charge is 2.00. The third-order valence-electron chi connectivity index (χ3n) is 2.70. The second-order valence-corrected chi connectivity index (χ2v) is 4.26. The summed E-state index contributed by atoms with van der Waals surface area (Å²) in [7, 11) is 0. The Morgan fingerprint density at radius 3 is 2.30 bits per heavy atom. The van der Waals surface area contributed by atoms with Gasteiger partial charge in [0, 0.05) is 12.1 Å². The van der Waals surface area contributed by atoms with Crippen LogP contribution in [0.3, 0.4) is 0 Å². The van der Waals surface area contributed by atoms with Crippen molar-refractivity contribution in [1.29, 1.82) is 0 Å². The van der Waals surface area contributed by atoms with E-state index in [9.17, 15) is 20.1 Å². The van der Waals surface area contributed by atoms with E-state index in [2.05, 4.69) is 0 Å². The van der Waals surface area contributed by atoms with E-state index in [1.165, 1.54) is 16.7 Å². The molecule has 2 N–H and O–H groups in total. The quantitative estimate of drug-likeness (QED) is 0.619. The highest BCUT2D eigenvalue weighted by molar-refractivity contribution is 5.70. The SMILES string of the molecule is O=C([O-])C[n+]1ccc(C=Cc2ccc(O)c(O)c2)cc1. The topological polar surface area (TPSA) is 84.5 Å². The lowest BCUT2D eigenvalue weighted by Gasteiger charge is -1.99. The molecule has 5 nitrogen and oxygen atoms in total. The third-order valence-corrected chi connectivity index (χ3v) is 2.70. The first-order valence-corrected chi connectivity index (χ1v) is 5.93. The summed E-state index contributed by atoms with van der Waals surface area (Å²) in [5, 5.41) is 29.0. The molecule has 0 atom stereocenters. The summed E-state index contributed by atoms with van der Waals surface area (Å²) in [6, 6.07) is 8.06. The molecule has 20 heavy (non-hydrogen) atoms. The van der Waals surface area contributed by atoms with Crippen molar-refractivity contribution in [3.8, 4) is 11.5 Å². The van der Waals surface area contributed by atoms with Gasteiger partial charge in [-0.2, -0.15) is 4.57 Å². The number of nitrogens with zero attached hydrogens (tertiary/aromatic N) is 1. The smallest absolute Gasteiger partial charge is 0.187 e. The number of carbonyl (C=O) groups excluding carboxylic acids is 1. The van der Waals surface area contributed by atoms with E-state index in [0.717, 1.165) is 11.1 Å². The molecule has 0 bridgehead atoms. The van der Waals surface area contributed by atoms with Crippen molar-refractivity contribution < 1.29 is 24.7 Å². The molecule has 0 aliphatic rings. The minimum absolute atomic E-state index is 0.162. The molecule has 2 rings (SSSR count). The van der Waals surface area contributed by atoms with Crippen molar-refractivity contribution in [2.75, 3.05) is 0 Å². The maximum Gasteiger partial charge on any atom is 0.187 e. The van der Waals surface area contributed by atoms with E-state index in [1.54, 1.807) is 36.7 Å². The van der Waals surface area contributed by atoms with Gasteiger partial charge in [-0.15, -0.1) is 0 Å². The summed E-state index contributed by atoms with van der Waals surface area (Å²) in [5.74, 6) is -1.48. The van der Waals surface area contributed by atoms with E-state index in [-0.39, 0.29) is 18.0 Å². The van der Waals surface area contributed by atoms with Crippen LogP contribution in [0, 0.1) is 0 Å². The lowest BCUT2D eigenvalue weighted by molar-refractivity contribution is -0.690. The molecular weight excluding hydrogens is 258 g/mol. The van der Waals surface area contributed by atoms with Crippen molar-refractivity contribution in [1.82, 2.24) is 0 Å². The first-order valence-electron chi connectivity index (χ1n) is 5.93. The number of phenolic OH excluding ortho intramolecular Hbond substituents is 2.